The lowest BCUT2D eigenvalue weighted by atomic mass is 10.2. The van der Waals surface area contributed by atoms with E-state index in [9.17, 15) is 0 Å². The van der Waals surface area contributed by atoms with E-state index in [0.717, 1.165) is 41.7 Å². The number of para-hydroxylation sites is 2. The number of hydrogen-bond donors (Lipinski definition) is 1. The number of aliphatic hydroxyl groups excluding tert-OH is 1. The van der Waals surface area contributed by atoms with Crippen LogP contribution < -0.4 is 0 Å². The van der Waals surface area contributed by atoms with Crippen LogP contribution in [0.3, 0.4) is 0 Å². The highest BCUT2D eigenvalue weighted by molar-refractivity contribution is 5.76. The summed E-state index contributed by atoms with van der Waals surface area (Å²) in [5.74, 6) is 0. The van der Waals surface area contributed by atoms with Crippen molar-refractivity contribution in [1.29, 1.82) is 0 Å². The summed E-state index contributed by atoms with van der Waals surface area (Å²) in [4.78, 5) is 9.01. The molecule has 0 aliphatic carbocycles. The average molecular weight is 268 g/mol. The zero-order chi connectivity index (χ0) is 13.8. The maximum Gasteiger partial charge on any atom is 0.0924 e. The molecule has 0 aliphatic rings. The van der Waals surface area contributed by atoms with E-state index >= 15 is 0 Å². The largest absolute Gasteiger partial charge is 0.396 e. The summed E-state index contributed by atoms with van der Waals surface area (Å²) < 4.78 is 1.88. The maximum absolute atomic E-state index is 8.78. The second-order valence-electron chi connectivity index (χ2n) is 4.67. The summed E-state index contributed by atoms with van der Waals surface area (Å²) in [5, 5.41) is 13.1. The Labute approximate surface area is 116 Å². The van der Waals surface area contributed by atoms with E-state index < -0.39 is 0 Å². The van der Waals surface area contributed by atoms with Crippen molar-refractivity contribution in [3.05, 3.63) is 42.9 Å². The molecular weight excluding hydrogens is 252 g/mol. The van der Waals surface area contributed by atoms with Gasteiger partial charge in [0.2, 0.25) is 0 Å². The molecule has 0 saturated heterocycles. The summed E-state index contributed by atoms with van der Waals surface area (Å²) in [6.07, 6.45) is 7.26. The van der Waals surface area contributed by atoms with Crippen LogP contribution in [0.1, 0.15) is 12.8 Å². The van der Waals surface area contributed by atoms with E-state index in [4.69, 9.17) is 5.11 Å². The van der Waals surface area contributed by atoms with Gasteiger partial charge < -0.3 is 5.11 Å². The topological polar surface area (TPSA) is 63.8 Å². The highest BCUT2D eigenvalue weighted by Crippen LogP contribution is 2.18. The van der Waals surface area contributed by atoms with Gasteiger partial charge in [0, 0.05) is 24.9 Å². The summed E-state index contributed by atoms with van der Waals surface area (Å²) in [6.45, 7) is 1.03. The Kier molecular flexibility index (Phi) is 3.69. The molecule has 0 spiro atoms. The average Bonchev–Trinajstić information content (AvgIpc) is 2.96. The van der Waals surface area contributed by atoms with Crippen molar-refractivity contribution in [2.24, 2.45) is 0 Å². The lowest BCUT2D eigenvalue weighted by molar-refractivity contribution is 0.280. The molecule has 0 bridgehead atoms. The molecule has 1 aromatic carbocycles. The van der Waals surface area contributed by atoms with Crippen molar-refractivity contribution in [3.63, 3.8) is 0 Å². The van der Waals surface area contributed by atoms with Crippen LogP contribution in [0.2, 0.25) is 0 Å². The van der Waals surface area contributed by atoms with Gasteiger partial charge in [-0.15, -0.1) is 0 Å². The molecule has 3 rings (SSSR count). The fraction of sp³-hybridized carbons (Fsp3) is 0.267. The van der Waals surface area contributed by atoms with Crippen LogP contribution in [0.5, 0.6) is 0 Å². The minimum atomic E-state index is 0.226. The van der Waals surface area contributed by atoms with Gasteiger partial charge in [0.1, 0.15) is 0 Å². The standard InChI is InChI=1S/C15H16N4O/c20-8-4-3-7-19-11-12(9-17-19)15-10-16-13-5-1-2-6-14(13)18-15/h1-2,5-6,9-11,20H,3-4,7-8H2. The third-order valence-corrected chi connectivity index (χ3v) is 3.17. The van der Waals surface area contributed by atoms with E-state index in [1.165, 1.54) is 0 Å². The Hall–Kier alpha value is -2.27. The molecule has 0 amide bonds. The Morgan fingerprint density at radius 1 is 1.05 bits per heavy atom. The fourth-order valence-corrected chi connectivity index (χ4v) is 2.10. The summed E-state index contributed by atoms with van der Waals surface area (Å²) in [5.41, 5.74) is 3.58. The molecule has 5 heteroatoms. The fourth-order valence-electron chi connectivity index (χ4n) is 2.10. The second-order valence-corrected chi connectivity index (χ2v) is 4.67. The monoisotopic (exact) mass is 268 g/mol. The van der Waals surface area contributed by atoms with Gasteiger partial charge in [0.05, 0.1) is 29.1 Å². The minimum Gasteiger partial charge on any atom is -0.396 e. The maximum atomic E-state index is 8.78. The molecule has 3 aromatic rings. The Morgan fingerprint density at radius 2 is 1.90 bits per heavy atom. The zero-order valence-corrected chi connectivity index (χ0v) is 11.1. The summed E-state index contributed by atoms with van der Waals surface area (Å²) >= 11 is 0. The third-order valence-electron chi connectivity index (χ3n) is 3.17. The van der Waals surface area contributed by atoms with Crippen molar-refractivity contribution in [2.75, 3.05) is 6.61 Å². The predicted octanol–water partition coefficient (Wildman–Crippen LogP) is 2.27. The number of aryl methyl sites for hydroxylation is 1. The molecule has 5 nitrogen and oxygen atoms in total. The van der Waals surface area contributed by atoms with E-state index in [-0.39, 0.29) is 6.61 Å². The normalized spacial score (nSPS) is 11.1. The number of unbranched alkanes of at least 4 members (excludes halogenated alkanes) is 1. The first-order chi connectivity index (χ1) is 9.86. The number of aromatic nitrogens is 4. The van der Waals surface area contributed by atoms with Crippen LogP contribution in [0.4, 0.5) is 0 Å². The van der Waals surface area contributed by atoms with Gasteiger partial charge in [-0.3, -0.25) is 9.67 Å². The minimum absolute atomic E-state index is 0.226. The molecule has 0 aliphatic heterocycles. The zero-order valence-electron chi connectivity index (χ0n) is 11.1. The van der Waals surface area contributed by atoms with E-state index in [2.05, 4.69) is 15.1 Å². The first-order valence-corrected chi connectivity index (χ1v) is 6.72. The van der Waals surface area contributed by atoms with Crippen molar-refractivity contribution < 1.29 is 5.11 Å². The van der Waals surface area contributed by atoms with Gasteiger partial charge in [-0.2, -0.15) is 5.10 Å². The molecule has 0 saturated carbocycles. The highest BCUT2D eigenvalue weighted by atomic mass is 16.2. The molecule has 0 atom stereocenters. The van der Waals surface area contributed by atoms with Crippen molar-refractivity contribution >= 4 is 11.0 Å². The number of nitrogens with zero attached hydrogens (tertiary/aromatic N) is 4. The van der Waals surface area contributed by atoms with Crippen LogP contribution >= 0.6 is 0 Å². The Bertz CT molecular complexity index is 708. The van der Waals surface area contributed by atoms with Gasteiger partial charge in [-0.25, -0.2) is 4.98 Å². The van der Waals surface area contributed by atoms with E-state index in [1.807, 2.05) is 35.1 Å². The molecular formula is C15H16N4O. The smallest absolute Gasteiger partial charge is 0.0924 e. The number of aliphatic hydroxyl groups is 1. The van der Waals surface area contributed by atoms with Gasteiger partial charge in [0.15, 0.2) is 0 Å². The number of fused-ring (bicyclic) bond motifs is 1. The van der Waals surface area contributed by atoms with Crippen LogP contribution in [-0.2, 0) is 6.54 Å². The Balaban J connectivity index is 1.83. The predicted molar refractivity (Wildman–Crippen MR) is 77.1 cm³/mol. The van der Waals surface area contributed by atoms with Gasteiger partial charge in [0.25, 0.3) is 0 Å². The number of rotatable bonds is 5. The molecule has 2 aromatic heterocycles. The van der Waals surface area contributed by atoms with E-state index in [0.29, 0.717) is 0 Å². The van der Waals surface area contributed by atoms with Crippen molar-refractivity contribution in [1.82, 2.24) is 19.7 Å². The van der Waals surface area contributed by atoms with Crippen LogP contribution in [0, 0.1) is 0 Å². The molecule has 0 unspecified atom stereocenters. The highest BCUT2D eigenvalue weighted by Gasteiger charge is 2.05. The third kappa shape index (κ3) is 2.67. The lowest BCUT2D eigenvalue weighted by Crippen LogP contribution is -1.98. The van der Waals surface area contributed by atoms with Crippen LogP contribution in [0.15, 0.2) is 42.9 Å². The van der Waals surface area contributed by atoms with Gasteiger partial charge >= 0.3 is 0 Å². The van der Waals surface area contributed by atoms with E-state index in [1.54, 1.807) is 12.4 Å². The second kappa shape index (κ2) is 5.79. The first kappa shape index (κ1) is 12.7. The van der Waals surface area contributed by atoms with Crippen molar-refractivity contribution in [3.8, 4) is 11.3 Å². The van der Waals surface area contributed by atoms with Crippen LogP contribution in [0.25, 0.3) is 22.3 Å². The van der Waals surface area contributed by atoms with Gasteiger partial charge in [-0.05, 0) is 25.0 Å². The Morgan fingerprint density at radius 3 is 2.75 bits per heavy atom. The van der Waals surface area contributed by atoms with Crippen molar-refractivity contribution in [2.45, 2.75) is 19.4 Å². The molecule has 0 fully saturated rings. The molecule has 2 heterocycles. The van der Waals surface area contributed by atoms with Crippen LogP contribution in [-0.4, -0.2) is 31.5 Å². The molecule has 102 valence electrons. The first-order valence-electron chi connectivity index (χ1n) is 6.72. The summed E-state index contributed by atoms with van der Waals surface area (Å²) in [7, 11) is 0. The molecule has 20 heavy (non-hydrogen) atoms. The lowest BCUT2D eigenvalue weighted by Gasteiger charge is -2.00. The summed E-state index contributed by atoms with van der Waals surface area (Å²) in [6, 6.07) is 7.82. The number of hydrogen-bond acceptors (Lipinski definition) is 4. The quantitative estimate of drug-likeness (QED) is 0.721. The molecule has 1 N–H and O–H groups in total. The number of benzene rings is 1. The molecule has 0 radical (unpaired) electrons. The SMILES string of the molecule is OCCCCn1cc(-c2cnc3ccccc3n2)cn1. The van der Waals surface area contributed by atoms with Gasteiger partial charge in [-0.1, -0.05) is 12.1 Å².